The Morgan fingerprint density at radius 1 is 1.52 bits per heavy atom. The third-order valence-electron chi connectivity index (χ3n) is 4.04. The van der Waals surface area contributed by atoms with Gasteiger partial charge < -0.3 is 15.0 Å². The Labute approximate surface area is 171 Å². The molecule has 6 nitrogen and oxygen atoms in total. The Morgan fingerprint density at radius 2 is 2.32 bits per heavy atom. The Kier molecular flexibility index (Phi) is 10.1. The summed E-state index contributed by atoms with van der Waals surface area (Å²) >= 11 is 5.79. The number of piperidine rings is 1. The second-order valence-corrected chi connectivity index (χ2v) is 6.14. The molecule has 0 spiro atoms. The van der Waals surface area contributed by atoms with Gasteiger partial charge in [-0.1, -0.05) is 17.7 Å². The van der Waals surface area contributed by atoms with Crippen molar-refractivity contribution in [1.82, 2.24) is 15.2 Å². The van der Waals surface area contributed by atoms with Crippen LogP contribution in [0.25, 0.3) is 0 Å². The van der Waals surface area contributed by atoms with Gasteiger partial charge in [0.1, 0.15) is 5.15 Å². The smallest absolute Gasteiger partial charge is 0.310 e. The van der Waals surface area contributed by atoms with Crippen molar-refractivity contribution in [1.29, 1.82) is 0 Å². The number of guanidine groups is 1. The largest absolute Gasteiger partial charge is 0.466 e. The average molecular weight is 481 g/mol. The topological polar surface area (TPSA) is 66.8 Å². The number of pyridine rings is 1. The normalized spacial score (nSPS) is 17.6. The van der Waals surface area contributed by atoms with Crippen molar-refractivity contribution >= 4 is 47.5 Å². The third-order valence-corrected chi connectivity index (χ3v) is 4.26. The van der Waals surface area contributed by atoms with Crippen LogP contribution in [0.2, 0.25) is 5.15 Å². The lowest BCUT2D eigenvalue weighted by atomic mass is 9.98. The minimum absolute atomic E-state index is 0. The van der Waals surface area contributed by atoms with Crippen LogP contribution in [-0.4, -0.2) is 55.1 Å². The lowest BCUT2D eigenvalue weighted by Gasteiger charge is -2.33. The van der Waals surface area contributed by atoms with E-state index in [2.05, 4.69) is 20.2 Å². The number of aromatic nitrogens is 1. The van der Waals surface area contributed by atoms with Crippen LogP contribution in [0.3, 0.4) is 0 Å². The van der Waals surface area contributed by atoms with E-state index in [1.54, 1.807) is 19.3 Å². The van der Waals surface area contributed by atoms with Gasteiger partial charge in [-0.15, -0.1) is 24.0 Å². The summed E-state index contributed by atoms with van der Waals surface area (Å²) in [5.41, 5.74) is 1.12. The van der Waals surface area contributed by atoms with Gasteiger partial charge in [-0.3, -0.25) is 9.79 Å². The molecule has 0 unspecified atom stereocenters. The van der Waals surface area contributed by atoms with Crippen LogP contribution in [0.4, 0.5) is 0 Å². The summed E-state index contributed by atoms with van der Waals surface area (Å²) in [5, 5.41) is 3.86. The lowest BCUT2D eigenvalue weighted by molar-refractivity contribution is -0.149. The van der Waals surface area contributed by atoms with Crippen LogP contribution in [0.1, 0.15) is 25.3 Å². The number of rotatable bonds is 5. The second kappa shape index (κ2) is 11.5. The van der Waals surface area contributed by atoms with Crippen molar-refractivity contribution in [3.63, 3.8) is 0 Å². The predicted molar refractivity (Wildman–Crippen MR) is 111 cm³/mol. The monoisotopic (exact) mass is 480 g/mol. The van der Waals surface area contributed by atoms with E-state index in [0.29, 0.717) is 18.3 Å². The Morgan fingerprint density at radius 3 is 2.96 bits per heavy atom. The first kappa shape index (κ1) is 22.0. The SMILES string of the molecule is CCOC(=O)[C@H]1CCCN(C(=NC)NCCc2ccc(Cl)nc2)C1.I. The Balaban J connectivity index is 0.00000312. The molecule has 1 N–H and O–H groups in total. The molecule has 1 fully saturated rings. The summed E-state index contributed by atoms with van der Waals surface area (Å²) in [5.74, 6) is 0.647. The van der Waals surface area contributed by atoms with Crippen molar-refractivity contribution in [2.24, 2.45) is 10.9 Å². The molecular weight excluding hydrogens is 455 g/mol. The minimum atomic E-state index is -0.107. The fraction of sp³-hybridized carbons (Fsp3) is 0.588. The Bertz CT molecular complexity index is 568. The third kappa shape index (κ3) is 6.97. The molecule has 0 saturated carbocycles. The van der Waals surface area contributed by atoms with E-state index in [1.807, 2.05) is 13.0 Å². The van der Waals surface area contributed by atoms with Crippen molar-refractivity contribution in [2.45, 2.75) is 26.2 Å². The van der Waals surface area contributed by atoms with Gasteiger partial charge in [0.25, 0.3) is 0 Å². The molecule has 0 aliphatic carbocycles. The summed E-state index contributed by atoms with van der Waals surface area (Å²) < 4.78 is 5.15. The van der Waals surface area contributed by atoms with E-state index < -0.39 is 0 Å². The highest BCUT2D eigenvalue weighted by molar-refractivity contribution is 14.0. The van der Waals surface area contributed by atoms with Gasteiger partial charge >= 0.3 is 5.97 Å². The first-order valence-electron chi connectivity index (χ1n) is 8.36. The summed E-state index contributed by atoms with van der Waals surface area (Å²) in [6.45, 7) is 4.57. The van der Waals surface area contributed by atoms with Crippen molar-refractivity contribution in [3.05, 3.63) is 29.0 Å². The van der Waals surface area contributed by atoms with Gasteiger partial charge in [0.05, 0.1) is 12.5 Å². The number of aliphatic imine (C=N–C) groups is 1. The number of carbonyl (C=O) groups is 1. The van der Waals surface area contributed by atoms with Crippen LogP contribution in [0.15, 0.2) is 23.3 Å². The number of nitrogens with one attached hydrogen (secondary N) is 1. The standard InChI is InChI=1S/C17H25ClN4O2.HI/c1-3-24-16(23)14-5-4-10-22(12-14)17(19-2)20-9-8-13-6-7-15(18)21-11-13;/h6-7,11,14H,3-5,8-10,12H2,1-2H3,(H,19,20);1H/t14-;/m0./s1. The van der Waals surface area contributed by atoms with E-state index >= 15 is 0 Å². The van der Waals surface area contributed by atoms with Crippen LogP contribution in [0, 0.1) is 5.92 Å². The summed E-state index contributed by atoms with van der Waals surface area (Å²) in [7, 11) is 1.76. The molecule has 140 valence electrons. The summed E-state index contributed by atoms with van der Waals surface area (Å²) in [4.78, 5) is 22.5. The number of ether oxygens (including phenoxy) is 1. The van der Waals surface area contributed by atoms with E-state index in [-0.39, 0.29) is 35.9 Å². The molecule has 2 heterocycles. The number of carbonyl (C=O) groups excluding carboxylic acids is 1. The Hall–Kier alpha value is -1.09. The first-order valence-corrected chi connectivity index (χ1v) is 8.74. The van der Waals surface area contributed by atoms with Gasteiger partial charge in [-0.05, 0) is 37.8 Å². The molecule has 2 rings (SSSR count). The quantitative estimate of drug-likeness (QED) is 0.231. The number of nitrogens with zero attached hydrogens (tertiary/aromatic N) is 3. The number of hydrogen-bond acceptors (Lipinski definition) is 4. The molecule has 1 saturated heterocycles. The molecule has 0 aromatic carbocycles. The average Bonchev–Trinajstić information content (AvgIpc) is 2.60. The highest BCUT2D eigenvalue weighted by Crippen LogP contribution is 2.18. The maximum atomic E-state index is 12.0. The molecule has 0 amide bonds. The molecule has 1 aliphatic rings. The van der Waals surface area contributed by atoms with Gasteiger partial charge in [-0.25, -0.2) is 4.98 Å². The van der Waals surface area contributed by atoms with Gasteiger partial charge in [0.2, 0.25) is 0 Å². The molecule has 0 radical (unpaired) electrons. The highest BCUT2D eigenvalue weighted by atomic mass is 127. The first-order chi connectivity index (χ1) is 11.6. The zero-order chi connectivity index (χ0) is 17.4. The van der Waals surface area contributed by atoms with E-state index in [0.717, 1.165) is 43.9 Å². The van der Waals surface area contributed by atoms with Crippen LogP contribution >= 0.6 is 35.6 Å². The fourth-order valence-corrected chi connectivity index (χ4v) is 2.94. The van der Waals surface area contributed by atoms with Crippen LogP contribution < -0.4 is 5.32 Å². The zero-order valence-corrected chi connectivity index (χ0v) is 17.8. The maximum absolute atomic E-state index is 12.0. The molecule has 1 aromatic rings. The molecule has 1 atom stereocenters. The van der Waals surface area contributed by atoms with Gasteiger partial charge in [-0.2, -0.15) is 0 Å². The van der Waals surface area contributed by atoms with E-state index in [9.17, 15) is 4.79 Å². The number of likely N-dealkylation sites (tertiary alicyclic amines) is 1. The molecule has 8 heteroatoms. The number of esters is 1. The zero-order valence-electron chi connectivity index (χ0n) is 14.7. The molecular formula is C17H26ClIN4O2. The predicted octanol–water partition coefficient (Wildman–Crippen LogP) is 2.75. The van der Waals surface area contributed by atoms with E-state index in [1.165, 1.54) is 0 Å². The van der Waals surface area contributed by atoms with E-state index in [4.69, 9.17) is 16.3 Å². The molecule has 0 bridgehead atoms. The number of hydrogen-bond donors (Lipinski definition) is 1. The highest BCUT2D eigenvalue weighted by Gasteiger charge is 2.28. The minimum Gasteiger partial charge on any atom is -0.466 e. The fourth-order valence-electron chi connectivity index (χ4n) is 2.83. The lowest BCUT2D eigenvalue weighted by Crippen LogP contribution is -2.48. The van der Waals surface area contributed by atoms with Gasteiger partial charge in [0, 0.05) is 32.9 Å². The van der Waals surface area contributed by atoms with Crippen LogP contribution in [-0.2, 0) is 16.0 Å². The van der Waals surface area contributed by atoms with Gasteiger partial charge in [0.15, 0.2) is 5.96 Å². The van der Waals surface area contributed by atoms with Crippen molar-refractivity contribution in [3.8, 4) is 0 Å². The molecule has 1 aliphatic heterocycles. The van der Waals surface area contributed by atoms with Crippen LogP contribution in [0.5, 0.6) is 0 Å². The summed E-state index contributed by atoms with van der Waals surface area (Å²) in [6.07, 6.45) is 4.46. The van der Waals surface area contributed by atoms with Crippen molar-refractivity contribution in [2.75, 3.05) is 33.3 Å². The maximum Gasteiger partial charge on any atom is 0.310 e. The molecule has 25 heavy (non-hydrogen) atoms. The van der Waals surface area contributed by atoms with Crippen molar-refractivity contribution < 1.29 is 9.53 Å². The second-order valence-electron chi connectivity index (χ2n) is 5.75. The summed E-state index contributed by atoms with van der Waals surface area (Å²) in [6, 6.07) is 3.76. The molecule has 1 aromatic heterocycles. The number of halogens is 2.